The second kappa shape index (κ2) is 4.14. The van der Waals surface area contributed by atoms with Gasteiger partial charge in [0, 0.05) is 5.54 Å². The molecule has 2 bridgehead atoms. The van der Waals surface area contributed by atoms with Crippen LogP contribution in [0.4, 0.5) is 4.79 Å². The molecule has 0 aromatic heterocycles. The highest BCUT2D eigenvalue weighted by Gasteiger charge is 2.59. The van der Waals surface area contributed by atoms with E-state index >= 15 is 0 Å². The molecule has 3 aliphatic carbocycles. The zero-order valence-corrected chi connectivity index (χ0v) is 11.7. The molecule has 3 rings (SSSR count). The van der Waals surface area contributed by atoms with Crippen LogP contribution in [0, 0.1) is 23.7 Å². The lowest BCUT2D eigenvalue weighted by atomic mass is 9.63. The van der Waals surface area contributed by atoms with Gasteiger partial charge in [-0.3, -0.25) is 0 Å². The van der Waals surface area contributed by atoms with Gasteiger partial charge in [0.05, 0.1) is 6.10 Å². The molecule has 0 aromatic carbocycles. The van der Waals surface area contributed by atoms with Gasteiger partial charge in [-0.05, 0) is 69.6 Å². The van der Waals surface area contributed by atoms with Crippen molar-refractivity contribution >= 4 is 6.09 Å². The van der Waals surface area contributed by atoms with Gasteiger partial charge in [-0.25, -0.2) is 4.79 Å². The Morgan fingerprint density at radius 2 is 2.06 bits per heavy atom. The van der Waals surface area contributed by atoms with Crippen molar-refractivity contribution in [3.05, 3.63) is 0 Å². The van der Waals surface area contributed by atoms with Gasteiger partial charge in [0.1, 0.15) is 0 Å². The zero-order valence-electron chi connectivity index (χ0n) is 11.7. The lowest BCUT2D eigenvalue weighted by Gasteiger charge is -2.48. The Hall–Kier alpha value is -0.730. The third-order valence-corrected chi connectivity index (χ3v) is 5.27. The van der Waals surface area contributed by atoms with Crippen LogP contribution < -0.4 is 5.32 Å². The van der Waals surface area contributed by atoms with Crippen molar-refractivity contribution in [2.45, 2.75) is 64.5 Å². The van der Waals surface area contributed by atoms with Crippen LogP contribution >= 0.6 is 0 Å². The quantitative estimate of drug-likeness (QED) is 0.817. The topological polar surface area (TPSA) is 38.3 Å². The minimum absolute atomic E-state index is 0.0307. The molecular weight excluding hydrogens is 226 g/mol. The van der Waals surface area contributed by atoms with E-state index in [1.165, 1.54) is 25.7 Å². The van der Waals surface area contributed by atoms with E-state index in [1.54, 1.807) is 0 Å². The van der Waals surface area contributed by atoms with Crippen LogP contribution in [-0.2, 0) is 4.74 Å². The predicted octanol–water partition coefficient (Wildman–Crippen LogP) is 3.34. The lowest BCUT2D eigenvalue weighted by Crippen LogP contribution is -2.57. The molecule has 3 nitrogen and oxygen atoms in total. The highest BCUT2D eigenvalue weighted by atomic mass is 16.6. The van der Waals surface area contributed by atoms with Crippen LogP contribution in [0.5, 0.6) is 0 Å². The van der Waals surface area contributed by atoms with Crippen molar-refractivity contribution in [1.29, 1.82) is 0 Å². The molecule has 3 aliphatic rings. The molecule has 0 aliphatic heterocycles. The van der Waals surface area contributed by atoms with Gasteiger partial charge in [0.15, 0.2) is 0 Å². The molecule has 0 spiro atoms. The Morgan fingerprint density at radius 3 is 2.72 bits per heavy atom. The smallest absolute Gasteiger partial charge is 0.407 e. The number of amides is 1. The summed E-state index contributed by atoms with van der Waals surface area (Å²) in [6.45, 7) is 6.15. The number of hydrogen-bond donors (Lipinski definition) is 1. The predicted molar refractivity (Wildman–Crippen MR) is 70.2 cm³/mol. The molecule has 0 heterocycles. The van der Waals surface area contributed by atoms with E-state index in [1.807, 2.05) is 13.8 Å². The third-order valence-electron chi connectivity index (χ3n) is 5.27. The molecule has 1 unspecified atom stereocenters. The molecule has 3 fully saturated rings. The first-order valence-electron chi connectivity index (χ1n) is 7.47. The van der Waals surface area contributed by atoms with Crippen molar-refractivity contribution < 1.29 is 9.53 Å². The van der Waals surface area contributed by atoms with E-state index in [2.05, 4.69) is 12.2 Å². The number of carbonyl (C=O) groups excluding carboxylic acids is 1. The fourth-order valence-corrected chi connectivity index (χ4v) is 5.11. The summed E-state index contributed by atoms with van der Waals surface area (Å²) >= 11 is 0. The summed E-state index contributed by atoms with van der Waals surface area (Å²) in [6, 6.07) is 0. The highest BCUT2D eigenvalue weighted by molar-refractivity contribution is 5.68. The molecule has 0 saturated heterocycles. The van der Waals surface area contributed by atoms with Crippen LogP contribution in [0.15, 0.2) is 0 Å². The summed E-state index contributed by atoms with van der Waals surface area (Å²) in [5, 5.41) is 3.26. The normalized spacial score (nSPS) is 45.3. The number of carbonyl (C=O) groups is 1. The Labute approximate surface area is 110 Å². The first-order valence-corrected chi connectivity index (χ1v) is 7.47. The van der Waals surface area contributed by atoms with Crippen molar-refractivity contribution in [3.8, 4) is 0 Å². The lowest BCUT2D eigenvalue weighted by molar-refractivity contribution is 0.0447. The average Bonchev–Trinajstić information content (AvgIpc) is 2.70. The highest BCUT2D eigenvalue weighted by Crippen LogP contribution is 2.60. The maximum Gasteiger partial charge on any atom is 0.407 e. The molecule has 5 atom stereocenters. The zero-order chi connectivity index (χ0) is 12.9. The summed E-state index contributed by atoms with van der Waals surface area (Å²) in [4.78, 5) is 12.0. The Balaban J connectivity index is 1.74. The molecule has 3 saturated carbocycles. The van der Waals surface area contributed by atoms with Crippen molar-refractivity contribution in [1.82, 2.24) is 5.32 Å². The monoisotopic (exact) mass is 251 g/mol. The molecule has 102 valence electrons. The maximum absolute atomic E-state index is 12.0. The second-order valence-corrected chi connectivity index (χ2v) is 7.19. The number of fused-ring (bicyclic) bond motifs is 1. The number of alkyl carbamates (subject to hydrolysis) is 1. The van der Waals surface area contributed by atoms with Gasteiger partial charge in [-0.15, -0.1) is 0 Å². The van der Waals surface area contributed by atoms with Crippen LogP contribution in [0.25, 0.3) is 0 Å². The standard InChI is InChI=1S/C15H25NO2/c1-9(2)18-14(17)16-15-7-10(3)4-12-5-11(8-15)6-13(12)15/h9-13H,4-8H2,1-3H3,(H,16,17)/t10-,11-,12+,13-,15?/m1/s1. The van der Waals surface area contributed by atoms with Crippen molar-refractivity contribution in [3.63, 3.8) is 0 Å². The van der Waals surface area contributed by atoms with Crippen molar-refractivity contribution in [2.75, 3.05) is 0 Å². The molecule has 18 heavy (non-hydrogen) atoms. The van der Waals surface area contributed by atoms with Crippen LogP contribution in [0.3, 0.4) is 0 Å². The fraction of sp³-hybridized carbons (Fsp3) is 0.933. The molecular formula is C15H25NO2. The Kier molecular flexibility index (Phi) is 2.83. The van der Waals surface area contributed by atoms with E-state index in [-0.39, 0.29) is 17.7 Å². The average molecular weight is 251 g/mol. The summed E-state index contributed by atoms with van der Waals surface area (Å²) in [6.07, 6.45) is 6.20. The third kappa shape index (κ3) is 1.92. The number of hydrogen-bond acceptors (Lipinski definition) is 2. The van der Waals surface area contributed by atoms with E-state index in [9.17, 15) is 4.79 Å². The van der Waals surface area contributed by atoms with Crippen LogP contribution in [0.2, 0.25) is 0 Å². The molecule has 0 radical (unpaired) electrons. The first kappa shape index (κ1) is 12.3. The van der Waals surface area contributed by atoms with Gasteiger partial charge in [-0.2, -0.15) is 0 Å². The minimum atomic E-state index is -0.203. The fourth-order valence-electron chi connectivity index (χ4n) is 5.11. The maximum atomic E-state index is 12.0. The summed E-state index contributed by atoms with van der Waals surface area (Å²) in [5.74, 6) is 3.17. The first-order chi connectivity index (χ1) is 8.48. The number of ether oxygens (including phenoxy) is 1. The Bertz CT molecular complexity index is 354. The molecule has 3 heteroatoms. The summed E-state index contributed by atoms with van der Waals surface area (Å²) < 4.78 is 5.29. The van der Waals surface area contributed by atoms with E-state index in [4.69, 9.17) is 4.74 Å². The van der Waals surface area contributed by atoms with E-state index < -0.39 is 0 Å². The van der Waals surface area contributed by atoms with Crippen LogP contribution in [-0.4, -0.2) is 17.7 Å². The second-order valence-electron chi connectivity index (χ2n) is 7.19. The van der Waals surface area contributed by atoms with Gasteiger partial charge >= 0.3 is 6.09 Å². The molecule has 1 N–H and O–H groups in total. The minimum Gasteiger partial charge on any atom is -0.447 e. The largest absolute Gasteiger partial charge is 0.447 e. The van der Waals surface area contributed by atoms with Gasteiger partial charge in [-0.1, -0.05) is 6.92 Å². The number of nitrogens with one attached hydrogen (secondary N) is 1. The van der Waals surface area contributed by atoms with E-state index in [0.717, 1.165) is 30.1 Å². The molecule has 1 amide bonds. The molecule has 0 aromatic rings. The van der Waals surface area contributed by atoms with Gasteiger partial charge in [0.2, 0.25) is 0 Å². The number of rotatable bonds is 2. The van der Waals surface area contributed by atoms with Crippen LogP contribution in [0.1, 0.15) is 52.9 Å². The van der Waals surface area contributed by atoms with E-state index in [0.29, 0.717) is 0 Å². The SMILES string of the molecule is CC(C)OC(=O)NC12C[C@H](C)C[C@H]3C[C@H](C[C@H]31)C2. The van der Waals surface area contributed by atoms with Gasteiger partial charge < -0.3 is 10.1 Å². The Morgan fingerprint density at radius 1 is 1.28 bits per heavy atom. The van der Waals surface area contributed by atoms with Crippen molar-refractivity contribution in [2.24, 2.45) is 23.7 Å². The van der Waals surface area contributed by atoms with Gasteiger partial charge in [0.25, 0.3) is 0 Å². The summed E-state index contributed by atoms with van der Waals surface area (Å²) in [5.41, 5.74) is 0.0667. The summed E-state index contributed by atoms with van der Waals surface area (Å²) in [7, 11) is 0.